The number of benzene rings is 2. The Labute approximate surface area is 171 Å². The smallest absolute Gasteiger partial charge is 0.337 e. The van der Waals surface area contributed by atoms with Gasteiger partial charge in [-0.3, -0.25) is 0 Å². The number of rotatable bonds is 7. The predicted octanol–water partition coefficient (Wildman–Crippen LogP) is 3.77. The summed E-state index contributed by atoms with van der Waals surface area (Å²) in [6, 6.07) is 16.8. The van der Waals surface area contributed by atoms with Gasteiger partial charge in [0.1, 0.15) is 17.1 Å². The number of hydrogen-bond acceptors (Lipinski definition) is 7. The molecule has 0 saturated heterocycles. The predicted molar refractivity (Wildman–Crippen MR) is 111 cm³/mol. The lowest BCUT2D eigenvalue weighted by atomic mass is 10.2. The van der Waals surface area contributed by atoms with Gasteiger partial charge in [-0.05, 0) is 30.3 Å². The van der Waals surface area contributed by atoms with Crippen molar-refractivity contribution in [2.75, 3.05) is 19.5 Å². The summed E-state index contributed by atoms with van der Waals surface area (Å²) in [6.07, 6.45) is 3.33. The maximum absolute atomic E-state index is 11.6. The Bertz CT molecular complexity index is 1130. The summed E-state index contributed by atoms with van der Waals surface area (Å²) < 4.78 is 12.3. The average molecular weight is 406 g/mol. The van der Waals surface area contributed by atoms with Crippen molar-refractivity contribution in [1.29, 1.82) is 0 Å². The number of para-hydroxylation sites is 1. The standard InChI is InChI=1S/C21H18N4O3S/c1-27-21(26)15-6-5-9-17(12-15)28-10-11-29-20-18-13-24-25(19(18)22-14-23-20)16-7-3-2-4-8-16/h2-9,12-14H,10-11H2,1H3. The van der Waals surface area contributed by atoms with E-state index in [1.54, 1.807) is 47.2 Å². The van der Waals surface area contributed by atoms with Crippen molar-refractivity contribution in [3.63, 3.8) is 0 Å². The Morgan fingerprint density at radius 3 is 2.79 bits per heavy atom. The zero-order valence-electron chi connectivity index (χ0n) is 15.7. The van der Waals surface area contributed by atoms with E-state index >= 15 is 0 Å². The van der Waals surface area contributed by atoms with E-state index in [1.165, 1.54) is 7.11 Å². The minimum atomic E-state index is -0.386. The number of carbonyl (C=O) groups is 1. The molecule has 0 aliphatic carbocycles. The molecule has 0 bridgehead atoms. The van der Waals surface area contributed by atoms with Crippen LogP contribution in [-0.4, -0.2) is 45.2 Å². The summed E-state index contributed by atoms with van der Waals surface area (Å²) in [5.74, 6) is 0.923. The van der Waals surface area contributed by atoms with Gasteiger partial charge in [0.05, 0.1) is 36.6 Å². The number of nitrogens with zero attached hydrogens (tertiary/aromatic N) is 4. The second-order valence-corrected chi connectivity index (χ2v) is 7.11. The molecule has 0 saturated carbocycles. The summed E-state index contributed by atoms with van der Waals surface area (Å²) >= 11 is 1.57. The number of hydrogen-bond donors (Lipinski definition) is 0. The fourth-order valence-corrected chi connectivity index (χ4v) is 3.61. The van der Waals surface area contributed by atoms with Crippen molar-refractivity contribution < 1.29 is 14.3 Å². The minimum absolute atomic E-state index is 0.386. The Kier molecular flexibility index (Phi) is 5.71. The molecule has 0 fully saturated rings. The maximum Gasteiger partial charge on any atom is 0.337 e. The van der Waals surface area contributed by atoms with E-state index < -0.39 is 0 Å². The van der Waals surface area contributed by atoms with Gasteiger partial charge in [0.25, 0.3) is 0 Å². The van der Waals surface area contributed by atoms with Crippen LogP contribution in [0.1, 0.15) is 10.4 Å². The molecule has 146 valence electrons. The van der Waals surface area contributed by atoms with E-state index in [0.29, 0.717) is 23.7 Å². The van der Waals surface area contributed by atoms with Crippen LogP contribution in [0.2, 0.25) is 0 Å². The first-order chi connectivity index (χ1) is 14.3. The van der Waals surface area contributed by atoms with Crippen molar-refractivity contribution in [3.8, 4) is 11.4 Å². The van der Waals surface area contributed by atoms with Crippen LogP contribution in [0.15, 0.2) is 72.1 Å². The lowest BCUT2D eigenvalue weighted by Crippen LogP contribution is -2.04. The van der Waals surface area contributed by atoms with Gasteiger partial charge in [-0.25, -0.2) is 19.4 Å². The molecule has 0 amide bonds. The molecule has 0 aliphatic heterocycles. The van der Waals surface area contributed by atoms with Crippen molar-refractivity contribution in [1.82, 2.24) is 19.7 Å². The number of thioether (sulfide) groups is 1. The Balaban J connectivity index is 1.42. The van der Waals surface area contributed by atoms with Gasteiger partial charge in [-0.2, -0.15) is 5.10 Å². The van der Waals surface area contributed by atoms with Crippen molar-refractivity contribution >= 4 is 28.8 Å². The van der Waals surface area contributed by atoms with Gasteiger partial charge >= 0.3 is 5.97 Å². The van der Waals surface area contributed by atoms with Crippen molar-refractivity contribution in [2.24, 2.45) is 0 Å². The van der Waals surface area contributed by atoms with Gasteiger partial charge in [0.2, 0.25) is 0 Å². The first-order valence-electron chi connectivity index (χ1n) is 8.94. The molecule has 0 atom stereocenters. The quantitative estimate of drug-likeness (QED) is 0.200. The normalized spacial score (nSPS) is 10.8. The summed E-state index contributed by atoms with van der Waals surface area (Å²) in [7, 11) is 1.36. The van der Waals surface area contributed by atoms with Crippen LogP contribution in [0.25, 0.3) is 16.7 Å². The van der Waals surface area contributed by atoms with Crippen molar-refractivity contribution in [3.05, 3.63) is 72.7 Å². The molecule has 7 nitrogen and oxygen atoms in total. The van der Waals surface area contributed by atoms with E-state index in [4.69, 9.17) is 9.47 Å². The molecule has 0 aliphatic rings. The highest BCUT2D eigenvalue weighted by atomic mass is 32.2. The zero-order valence-corrected chi connectivity index (χ0v) is 16.5. The van der Waals surface area contributed by atoms with E-state index in [0.717, 1.165) is 21.7 Å². The molecule has 2 aromatic heterocycles. The van der Waals surface area contributed by atoms with Crippen LogP contribution in [0.3, 0.4) is 0 Å². The van der Waals surface area contributed by atoms with E-state index in [9.17, 15) is 4.79 Å². The lowest BCUT2D eigenvalue weighted by molar-refractivity contribution is 0.0600. The molecule has 2 heterocycles. The molecular weight excluding hydrogens is 388 g/mol. The molecule has 0 N–H and O–H groups in total. The monoisotopic (exact) mass is 406 g/mol. The third-order valence-electron chi connectivity index (χ3n) is 4.18. The number of ether oxygens (including phenoxy) is 2. The van der Waals surface area contributed by atoms with Gasteiger partial charge in [0.15, 0.2) is 5.65 Å². The molecule has 4 rings (SSSR count). The minimum Gasteiger partial charge on any atom is -0.493 e. The molecule has 2 aromatic carbocycles. The molecule has 0 unspecified atom stereocenters. The zero-order chi connectivity index (χ0) is 20.1. The first kappa shape index (κ1) is 18.9. The Morgan fingerprint density at radius 1 is 1.10 bits per heavy atom. The van der Waals surface area contributed by atoms with Gasteiger partial charge in [-0.15, -0.1) is 11.8 Å². The number of methoxy groups -OCH3 is 1. The van der Waals surface area contributed by atoms with Crippen LogP contribution in [0, 0.1) is 0 Å². The summed E-state index contributed by atoms with van der Waals surface area (Å²) in [5, 5.41) is 6.21. The number of esters is 1. The van der Waals surface area contributed by atoms with Crippen LogP contribution >= 0.6 is 11.8 Å². The van der Waals surface area contributed by atoms with Crippen LogP contribution in [0.4, 0.5) is 0 Å². The third kappa shape index (κ3) is 4.22. The molecule has 4 aromatic rings. The second-order valence-electron chi connectivity index (χ2n) is 6.02. The highest BCUT2D eigenvalue weighted by Crippen LogP contribution is 2.26. The topological polar surface area (TPSA) is 79.1 Å². The first-order valence-corrected chi connectivity index (χ1v) is 9.93. The van der Waals surface area contributed by atoms with Crippen LogP contribution in [0.5, 0.6) is 5.75 Å². The number of fused-ring (bicyclic) bond motifs is 1. The third-order valence-corrected chi connectivity index (χ3v) is 5.15. The molecule has 0 radical (unpaired) electrons. The maximum atomic E-state index is 11.6. The number of carbonyl (C=O) groups excluding carboxylic acids is 1. The highest BCUT2D eigenvalue weighted by Gasteiger charge is 2.11. The van der Waals surface area contributed by atoms with Crippen LogP contribution in [-0.2, 0) is 4.74 Å². The van der Waals surface area contributed by atoms with Gasteiger partial charge in [0, 0.05) is 5.75 Å². The Hall–Kier alpha value is -3.39. The van der Waals surface area contributed by atoms with Crippen molar-refractivity contribution in [2.45, 2.75) is 5.03 Å². The van der Waals surface area contributed by atoms with Gasteiger partial charge in [-0.1, -0.05) is 24.3 Å². The average Bonchev–Trinajstić information content (AvgIpc) is 3.22. The van der Waals surface area contributed by atoms with E-state index in [2.05, 4.69) is 15.1 Å². The molecular formula is C21H18N4O3S. The SMILES string of the molecule is COC(=O)c1cccc(OCCSc2ncnc3c2cnn3-c2ccccc2)c1. The molecule has 8 heteroatoms. The fraction of sp³-hybridized carbons (Fsp3) is 0.143. The van der Waals surface area contributed by atoms with Crippen LogP contribution < -0.4 is 4.74 Å². The second kappa shape index (κ2) is 8.74. The summed E-state index contributed by atoms with van der Waals surface area (Å²) in [4.78, 5) is 20.4. The molecule has 29 heavy (non-hydrogen) atoms. The van der Waals surface area contributed by atoms with E-state index in [1.807, 2.05) is 36.4 Å². The Morgan fingerprint density at radius 2 is 1.97 bits per heavy atom. The number of aromatic nitrogens is 4. The largest absolute Gasteiger partial charge is 0.493 e. The highest BCUT2D eigenvalue weighted by molar-refractivity contribution is 7.99. The lowest BCUT2D eigenvalue weighted by Gasteiger charge is -2.07. The molecule has 0 spiro atoms. The fourth-order valence-electron chi connectivity index (χ4n) is 2.82. The summed E-state index contributed by atoms with van der Waals surface area (Å²) in [6.45, 7) is 0.466. The van der Waals surface area contributed by atoms with E-state index in [-0.39, 0.29) is 5.97 Å². The summed E-state index contributed by atoms with van der Waals surface area (Å²) in [5.41, 5.74) is 2.18. The van der Waals surface area contributed by atoms with Gasteiger partial charge < -0.3 is 9.47 Å².